The molecule has 1 unspecified atom stereocenters. The highest BCUT2D eigenvalue weighted by Crippen LogP contribution is 2.13. The van der Waals surface area contributed by atoms with Crippen LogP contribution in [0.15, 0.2) is 24.3 Å². The lowest BCUT2D eigenvalue weighted by Crippen LogP contribution is -2.36. The van der Waals surface area contributed by atoms with Crippen LogP contribution in [0.2, 0.25) is 0 Å². The number of nitrogens with one attached hydrogen (secondary N) is 1. The Bertz CT molecular complexity index is 465. The molecule has 0 saturated carbocycles. The van der Waals surface area contributed by atoms with Crippen LogP contribution in [0.5, 0.6) is 0 Å². The molecule has 0 radical (unpaired) electrons. The van der Waals surface area contributed by atoms with Gasteiger partial charge in [0.25, 0.3) is 0 Å². The first kappa shape index (κ1) is 15.2. The zero-order valence-electron chi connectivity index (χ0n) is 11.8. The van der Waals surface area contributed by atoms with Gasteiger partial charge >= 0.3 is 0 Å². The van der Waals surface area contributed by atoms with Crippen molar-refractivity contribution in [2.75, 3.05) is 18.9 Å². The van der Waals surface area contributed by atoms with Crippen LogP contribution in [0.25, 0.3) is 0 Å². The fourth-order valence-electron chi connectivity index (χ4n) is 1.90. The van der Waals surface area contributed by atoms with Gasteiger partial charge in [-0.15, -0.1) is 0 Å². The summed E-state index contributed by atoms with van der Waals surface area (Å²) in [5, 5.41) is 11.7. The summed E-state index contributed by atoms with van der Waals surface area (Å²) in [6.45, 7) is 4.58. The molecule has 4 nitrogen and oxygen atoms in total. The molecule has 0 saturated heterocycles. The minimum absolute atomic E-state index is 0.0897. The predicted octanol–water partition coefficient (Wildman–Crippen LogP) is 2.62. The number of carbonyl (C=O) groups excluding carboxylic acids is 1. The Labute approximate surface area is 115 Å². The number of carbonyl (C=O) groups is 1. The largest absolute Gasteiger partial charge is 0.324 e. The van der Waals surface area contributed by atoms with Crippen molar-refractivity contribution in [2.45, 2.75) is 32.7 Å². The fourth-order valence-corrected chi connectivity index (χ4v) is 1.90. The van der Waals surface area contributed by atoms with Crippen molar-refractivity contribution in [1.29, 1.82) is 5.26 Å². The van der Waals surface area contributed by atoms with Gasteiger partial charge in [0.2, 0.25) is 5.91 Å². The number of likely N-dealkylation sites (N-methyl/N-ethyl adjacent to an activating group) is 1. The monoisotopic (exact) mass is 259 g/mol. The van der Waals surface area contributed by atoms with Crippen LogP contribution in [0, 0.1) is 11.3 Å². The van der Waals surface area contributed by atoms with E-state index in [1.807, 2.05) is 11.9 Å². The van der Waals surface area contributed by atoms with E-state index in [1.54, 1.807) is 24.3 Å². The average Bonchev–Trinajstić information content (AvgIpc) is 2.39. The highest BCUT2D eigenvalue weighted by molar-refractivity contribution is 5.93. The number of amides is 1. The van der Waals surface area contributed by atoms with Gasteiger partial charge in [-0.3, -0.25) is 9.69 Å². The third-order valence-electron chi connectivity index (χ3n) is 3.17. The van der Waals surface area contributed by atoms with E-state index in [2.05, 4.69) is 25.2 Å². The molecule has 0 bridgehead atoms. The molecule has 1 aromatic carbocycles. The number of para-hydroxylation sites is 1. The smallest absolute Gasteiger partial charge is 0.238 e. The van der Waals surface area contributed by atoms with Gasteiger partial charge in [0.15, 0.2) is 0 Å². The molecule has 1 rings (SSSR count). The summed E-state index contributed by atoms with van der Waals surface area (Å²) in [5.74, 6) is -0.0897. The Morgan fingerprint density at radius 2 is 2.16 bits per heavy atom. The molecule has 0 aliphatic heterocycles. The summed E-state index contributed by atoms with van der Waals surface area (Å²) >= 11 is 0. The lowest BCUT2D eigenvalue weighted by Gasteiger charge is -2.23. The summed E-state index contributed by atoms with van der Waals surface area (Å²) < 4.78 is 0. The first-order valence-corrected chi connectivity index (χ1v) is 6.57. The second-order valence-corrected chi connectivity index (χ2v) is 4.76. The SMILES string of the molecule is CCCC(C)N(C)CC(=O)Nc1ccccc1C#N. The number of hydrogen-bond donors (Lipinski definition) is 1. The summed E-state index contributed by atoms with van der Waals surface area (Å²) in [4.78, 5) is 14.0. The zero-order chi connectivity index (χ0) is 14.3. The Morgan fingerprint density at radius 1 is 1.47 bits per heavy atom. The third-order valence-corrected chi connectivity index (χ3v) is 3.17. The van der Waals surface area contributed by atoms with Crippen molar-refractivity contribution in [1.82, 2.24) is 4.90 Å². The number of nitrogens with zero attached hydrogens (tertiary/aromatic N) is 2. The Balaban J connectivity index is 2.58. The minimum atomic E-state index is -0.0897. The van der Waals surface area contributed by atoms with Crippen LogP contribution < -0.4 is 5.32 Å². The summed E-state index contributed by atoms with van der Waals surface area (Å²) in [6.07, 6.45) is 2.17. The predicted molar refractivity (Wildman–Crippen MR) is 76.8 cm³/mol. The van der Waals surface area contributed by atoms with E-state index in [-0.39, 0.29) is 5.91 Å². The van der Waals surface area contributed by atoms with Gasteiger partial charge < -0.3 is 5.32 Å². The van der Waals surface area contributed by atoms with Gasteiger partial charge in [-0.25, -0.2) is 0 Å². The van der Waals surface area contributed by atoms with Crippen molar-refractivity contribution in [3.63, 3.8) is 0 Å². The van der Waals surface area contributed by atoms with E-state index < -0.39 is 0 Å². The van der Waals surface area contributed by atoms with E-state index in [1.165, 1.54) is 0 Å². The molecular weight excluding hydrogens is 238 g/mol. The molecule has 0 aromatic heterocycles. The molecule has 0 fully saturated rings. The zero-order valence-corrected chi connectivity index (χ0v) is 11.8. The molecule has 0 aliphatic rings. The summed E-state index contributed by atoms with van der Waals surface area (Å²) in [5.41, 5.74) is 1.06. The molecule has 0 aliphatic carbocycles. The molecule has 0 heterocycles. The molecule has 102 valence electrons. The highest BCUT2D eigenvalue weighted by Gasteiger charge is 2.13. The number of nitriles is 1. The maximum Gasteiger partial charge on any atom is 0.238 e. The van der Waals surface area contributed by atoms with E-state index in [4.69, 9.17) is 5.26 Å². The molecular formula is C15H21N3O. The van der Waals surface area contributed by atoms with Crippen molar-refractivity contribution in [3.8, 4) is 6.07 Å². The highest BCUT2D eigenvalue weighted by atomic mass is 16.2. The Morgan fingerprint density at radius 3 is 2.79 bits per heavy atom. The van der Waals surface area contributed by atoms with Gasteiger partial charge in [0, 0.05) is 6.04 Å². The molecule has 1 aromatic rings. The van der Waals surface area contributed by atoms with Crippen LogP contribution in [-0.2, 0) is 4.79 Å². The molecule has 4 heteroatoms. The number of benzene rings is 1. The third kappa shape index (κ3) is 4.72. The van der Waals surface area contributed by atoms with E-state index in [9.17, 15) is 4.79 Å². The standard InChI is InChI=1S/C15H21N3O/c1-4-7-12(2)18(3)11-15(19)17-14-9-6-5-8-13(14)10-16/h5-6,8-9,12H,4,7,11H2,1-3H3,(H,17,19). The molecule has 1 N–H and O–H groups in total. The van der Waals surface area contributed by atoms with Gasteiger partial charge in [-0.2, -0.15) is 5.26 Å². The van der Waals surface area contributed by atoms with Crippen molar-refractivity contribution >= 4 is 11.6 Å². The minimum Gasteiger partial charge on any atom is -0.324 e. The van der Waals surface area contributed by atoms with Gasteiger partial charge in [0.05, 0.1) is 17.8 Å². The van der Waals surface area contributed by atoms with E-state index in [0.717, 1.165) is 12.8 Å². The second-order valence-electron chi connectivity index (χ2n) is 4.76. The fraction of sp³-hybridized carbons (Fsp3) is 0.467. The lowest BCUT2D eigenvalue weighted by molar-refractivity contribution is -0.117. The second kappa shape index (κ2) is 7.55. The first-order chi connectivity index (χ1) is 9.08. The van der Waals surface area contributed by atoms with Crippen molar-refractivity contribution in [3.05, 3.63) is 29.8 Å². The van der Waals surface area contributed by atoms with Crippen molar-refractivity contribution < 1.29 is 4.79 Å². The molecule has 0 spiro atoms. The normalized spacial score (nSPS) is 11.9. The number of hydrogen-bond acceptors (Lipinski definition) is 3. The maximum absolute atomic E-state index is 11.9. The van der Waals surface area contributed by atoms with Gasteiger partial charge in [-0.05, 0) is 32.5 Å². The van der Waals surface area contributed by atoms with E-state index in [0.29, 0.717) is 23.8 Å². The van der Waals surface area contributed by atoms with Crippen LogP contribution in [0.4, 0.5) is 5.69 Å². The topological polar surface area (TPSA) is 56.1 Å². The van der Waals surface area contributed by atoms with Crippen LogP contribution >= 0.6 is 0 Å². The van der Waals surface area contributed by atoms with Crippen LogP contribution in [0.3, 0.4) is 0 Å². The number of rotatable bonds is 6. The maximum atomic E-state index is 11.9. The van der Waals surface area contributed by atoms with Crippen molar-refractivity contribution in [2.24, 2.45) is 0 Å². The Kier molecular flexibility index (Phi) is 6.04. The lowest BCUT2D eigenvalue weighted by atomic mass is 10.1. The van der Waals surface area contributed by atoms with Gasteiger partial charge in [0.1, 0.15) is 6.07 Å². The van der Waals surface area contributed by atoms with Crippen LogP contribution in [0.1, 0.15) is 32.3 Å². The Hall–Kier alpha value is -1.86. The summed E-state index contributed by atoms with van der Waals surface area (Å²) in [6, 6.07) is 9.47. The van der Waals surface area contributed by atoms with Gasteiger partial charge in [-0.1, -0.05) is 25.5 Å². The molecule has 1 atom stereocenters. The quantitative estimate of drug-likeness (QED) is 0.854. The van der Waals surface area contributed by atoms with E-state index >= 15 is 0 Å². The summed E-state index contributed by atoms with van der Waals surface area (Å²) in [7, 11) is 1.94. The number of anilines is 1. The molecule has 19 heavy (non-hydrogen) atoms. The first-order valence-electron chi connectivity index (χ1n) is 6.57. The average molecular weight is 259 g/mol. The van der Waals surface area contributed by atoms with Crippen LogP contribution in [-0.4, -0.2) is 30.4 Å². The molecule has 1 amide bonds.